The molecule has 0 aliphatic carbocycles. The third kappa shape index (κ3) is 3.17. The van der Waals surface area contributed by atoms with E-state index in [1.54, 1.807) is 0 Å². The number of nitrogens with zero attached hydrogens (tertiary/aromatic N) is 2. The molecule has 1 heterocycles. The van der Waals surface area contributed by atoms with Crippen LogP contribution in [0.2, 0.25) is 0 Å². The van der Waals surface area contributed by atoms with Gasteiger partial charge in [0, 0.05) is 12.1 Å². The van der Waals surface area contributed by atoms with Crippen molar-refractivity contribution in [2.24, 2.45) is 0 Å². The van der Waals surface area contributed by atoms with Crippen molar-refractivity contribution < 1.29 is 27.7 Å². The molecule has 0 spiro atoms. The number of benzene rings is 1. The molecule has 0 fully saturated rings. The maximum atomic E-state index is 11.6. The first-order valence-corrected chi connectivity index (χ1v) is 8.64. The van der Waals surface area contributed by atoms with Crippen molar-refractivity contribution in [3.8, 4) is 0 Å². The standard InChI is InChI=1S/C7H6N3O7PS2/c11-10(12)4-1-2-5-6(3-4)19-7(8-5)20(16,17)9-18(13,14)15/h1-3H,(H3,9,13,14,15). The molecule has 13 heteroatoms. The number of nitro benzene ring substituents is 1. The van der Waals surface area contributed by atoms with Gasteiger partial charge >= 0.3 is 7.75 Å². The van der Waals surface area contributed by atoms with E-state index in [0.29, 0.717) is 11.3 Å². The number of nitro groups is 1. The minimum atomic E-state index is -5.00. The van der Waals surface area contributed by atoms with Crippen LogP contribution in [-0.2, 0) is 14.6 Å². The van der Waals surface area contributed by atoms with Gasteiger partial charge in [0.05, 0.1) is 15.1 Å². The second kappa shape index (κ2) is 4.84. The first-order chi connectivity index (χ1) is 9.08. The van der Waals surface area contributed by atoms with Crippen LogP contribution in [0, 0.1) is 10.1 Å². The van der Waals surface area contributed by atoms with Crippen molar-refractivity contribution >= 4 is 45.0 Å². The molecular weight excluding hydrogens is 333 g/mol. The van der Waals surface area contributed by atoms with Gasteiger partial charge in [0.15, 0.2) is 0 Å². The Morgan fingerprint density at radius 3 is 2.60 bits per heavy atom. The smallest absolute Gasteiger partial charge is 0.312 e. The average Bonchev–Trinajstić information content (AvgIpc) is 2.68. The predicted molar refractivity (Wildman–Crippen MR) is 68.6 cm³/mol. The van der Waals surface area contributed by atoms with E-state index in [2.05, 4.69) is 4.98 Å². The predicted octanol–water partition coefficient (Wildman–Crippen LogP) is 0.575. The van der Waals surface area contributed by atoms with Crippen LogP contribution in [0.1, 0.15) is 0 Å². The number of non-ortho nitro benzene ring substituents is 1. The second-order valence-corrected chi connectivity index (χ2v) is 8.03. The lowest BCUT2D eigenvalue weighted by Crippen LogP contribution is -2.20. The van der Waals surface area contributed by atoms with E-state index >= 15 is 0 Å². The van der Waals surface area contributed by atoms with Crippen molar-refractivity contribution in [2.45, 2.75) is 4.34 Å². The van der Waals surface area contributed by atoms with Gasteiger partial charge in [-0.1, -0.05) is 0 Å². The zero-order valence-corrected chi connectivity index (χ0v) is 11.9. The van der Waals surface area contributed by atoms with Gasteiger partial charge in [-0.25, -0.2) is 18.0 Å². The van der Waals surface area contributed by atoms with E-state index in [4.69, 9.17) is 9.79 Å². The quantitative estimate of drug-likeness (QED) is 0.414. The van der Waals surface area contributed by atoms with E-state index in [0.717, 1.165) is 16.6 Å². The molecule has 108 valence electrons. The highest BCUT2D eigenvalue weighted by Gasteiger charge is 2.28. The first-order valence-electron chi connectivity index (χ1n) is 4.73. The number of nitrogens with one attached hydrogen (secondary N) is 1. The van der Waals surface area contributed by atoms with Gasteiger partial charge in [-0.05, 0) is 6.07 Å². The Morgan fingerprint density at radius 1 is 1.40 bits per heavy atom. The Balaban J connectivity index is 2.52. The number of hydrogen-bond donors (Lipinski definition) is 3. The zero-order chi connectivity index (χ0) is 15.1. The van der Waals surface area contributed by atoms with Gasteiger partial charge in [-0.15, -0.1) is 15.8 Å². The fourth-order valence-electron chi connectivity index (χ4n) is 1.32. The third-order valence-corrected chi connectivity index (χ3v) is 6.22. The SMILES string of the molecule is O=[N+]([O-])c1ccc2nc(S(=O)(=O)NP(=O)(O)O)sc2c1. The van der Waals surface area contributed by atoms with Crippen LogP contribution in [0.4, 0.5) is 5.69 Å². The maximum Gasteiger partial charge on any atom is 0.414 e. The van der Waals surface area contributed by atoms with E-state index in [9.17, 15) is 23.1 Å². The summed E-state index contributed by atoms with van der Waals surface area (Å²) >= 11 is 0.567. The van der Waals surface area contributed by atoms with Gasteiger partial charge < -0.3 is 9.79 Å². The number of rotatable bonds is 4. The van der Waals surface area contributed by atoms with Crippen molar-refractivity contribution in [3.63, 3.8) is 0 Å². The van der Waals surface area contributed by atoms with Crippen molar-refractivity contribution in [3.05, 3.63) is 28.3 Å². The topological polar surface area (TPSA) is 160 Å². The molecule has 10 nitrogen and oxygen atoms in total. The lowest BCUT2D eigenvalue weighted by atomic mass is 10.3. The Bertz CT molecular complexity index is 839. The molecule has 1 aromatic heterocycles. The van der Waals surface area contributed by atoms with Gasteiger partial charge in [0.2, 0.25) is 4.34 Å². The molecule has 0 saturated heterocycles. The molecule has 0 aliphatic rings. The molecule has 0 aliphatic heterocycles. The van der Waals surface area contributed by atoms with Crippen molar-refractivity contribution in [1.29, 1.82) is 0 Å². The second-order valence-electron chi connectivity index (χ2n) is 3.53. The molecule has 3 N–H and O–H groups in total. The summed E-state index contributed by atoms with van der Waals surface area (Å²) in [5.74, 6) is 0. The summed E-state index contributed by atoms with van der Waals surface area (Å²) in [7, 11) is -9.49. The number of fused-ring (bicyclic) bond motifs is 1. The first kappa shape index (κ1) is 15.0. The molecule has 0 saturated carbocycles. The van der Waals surface area contributed by atoms with Crippen LogP contribution in [0.25, 0.3) is 10.2 Å². The largest absolute Gasteiger partial charge is 0.414 e. The third-order valence-electron chi connectivity index (χ3n) is 2.03. The molecule has 2 rings (SSSR count). The fraction of sp³-hybridized carbons (Fsp3) is 0. The summed E-state index contributed by atoms with van der Waals surface area (Å²) in [5, 5.41) is 10.6. The summed E-state index contributed by atoms with van der Waals surface area (Å²) in [6, 6.07) is 3.53. The Hall–Kier alpha value is -1.43. The summed E-state index contributed by atoms with van der Waals surface area (Å²) in [5.41, 5.74) is -0.0697. The monoisotopic (exact) mass is 339 g/mol. The fourth-order valence-corrected chi connectivity index (χ4v) is 4.87. The van der Waals surface area contributed by atoms with Crippen LogP contribution in [0.3, 0.4) is 0 Å². The summed E-state index contributed by atoms with van der Waals surface area (Å²) < 4.78 is 34.8. The highest BCUT2D eigenvalue weighted by Crippen LogP contribution is 2.34. The van der Waals surface area contributed by atoms with Crippen molar-refractivity contribution in [2.75, 3.05) is 0 Å². The van der Waals surface area contributed by atoms with E-state index in [1.807, 2.05) is 0 Å². The van der Waals surface area contributed by atoms with Gasteiger partial charge in [0.25, 0.3) is 15.7 Å². The molecular formula is C7H6N3O7PS2. The van der Waals surface area contributed by atoms with Crippen LogP contribution >= 0.6 is 19.1 Å². The Morgan fingerprint density at radius 2 is 2.05 bits per heavy atom. The summed E-state index contributed by atoms with van der Waals surface area (Å²) in [4.78, 5) is 30.8. The zero-order valence-electron chi connectivity index (χ0n) is 9.33. The molecule has 1 aromatic carbocycles. The van der Waals surface area contributed by atoms with E-state index < -0.39 is 27.0 Å². The summed E-state index contributed by atoms with van der Waals surface area (Å²) in [6.45, 7) is 0. The maximum absolute atomic E-state index is 11.6. The number of aromatic nitrogens is 1. The van der Waals surface area contributed by atoms with Crippen LogP contribution in [0.5, 0.6) is 0 Å². The van der Waals surface area contributed by atoms with Crippen LogP contribution in [-0.4, -0.2) is 28.1 Å². The van der Waals surface area contributed by atoms with Gasteiger partial charge in [0.1, 0.15) is 0 Å². The minimum Gasteiger partial charge on any atom is -0.312 e. The van der Waals surface area contributed by atoms with Gasteiger partial charge in [-0.2, -0.15) is 0 Å². The normalized spacial score (nSPS) is 12.7. The lowest BCUT2D eigenvalue weighted by Gasteiger charge is -2.03. The van der Waals surface area contributed by atoms with Crippen LogP contribution < -0.4 is 4.49 Å². The molecule has 0 unspecified atom stereocenters. The molecule has 20 heavy (non-hydrogen) atoms. The minimum absolute atomic E-state index is 0.173. The van der Waals surface area contributed by atoms with E-state index in [-0.39, 0.29) is 15.9 Å². The number of thiazole rings is 1. The number of sulfonamides is 1. The Kier molecular flexibility index (Phi) is 3.62. The van der Waals surface area contributed by atoms with Gasteiger partial charge in [-0.3, -0.25) is 10.1 Å². The molecule has 2 aromatic rings. The molecule has 0 atom stereocenters. The average molecular weight is 339 g/mol. The van der Waals surface area contributed by atoms with E-state index in [1.165, 1.54) is 6.07 Å². The molecule has 0 radical (unpaired) electrons. The summed E-state index contributed by atoms with van der Waals surface area (Å²) in [6.07, 6.45) is 0. The highest BCUT2D eigenvalue weighted by molar-refractivity contribution is 7.96. The lowest BCUT2D eigenvalue weighted by molar-refractivity contribution is -0.384. The molecule has 0 bridgehead atoms. The van der Waals surface area contributed by atoms with Crippen molar-refractivity contribution in [1.82, 2.24) is 9.48 Å². The number of hydrogen-bond acceptors (Lipinski definition) is 7. The molecule has 0 amide bonds. The van der Waals surface area contributed by atoms with Crippen LogP contribution in [0.15, 0.2) is 22.5 Å². The Labute approximate surface area is 115 Å². The highest BCUT2D eigenvalue weighted by atomic mass is 32.3.